The predicted molar refractivity (Wildman–Crippen MR) is 87.4 cm³/mol. The number of nitrogens with zero attached hydrogens (tertiary/aromatic N) is 4. The first kappa shape index (κ1) is 15.8. The molecule has 0 saturated carbocycles. The van der Waals surface area contributed by atoms with Crippen molar-refractivity contribution in [2.75, 3.05) is 51.7 Å². The molecule has 1 unspecified atom stereocenters. The van der Waals surface area contributed by atoms with Crippen LogP contribution in [0.3, 0.4) is 0 Å². The van der Waals surface area contributed by atoms with E-state index in [0.29, 0.717) is 0 Å². The fourth-order valence-electron chi connectivity index (χ4n) is 2.88. The quantitative estimate of drug-likeness (QED) is 0.832. The summed E-state index contributed by atoms with van der Waals surface area (Å²) in [4.78, 5) is 6.87. The van der Waals surface area contributed by atoms with E-state index in [1.807, 2.05) is 14.1 Å². The Balaban J connectivity index is 2.02. The van der Waals surface area contributed by atoms with Crippen LogP contribution in [0.2, 0.25) is 0 Å². The lowest BCUT2D eigenvalue weighted by molar-refractivity contribution is 0.114. The Bertz CT molecular complexity index is 467. The molecule has 1 aliphatic rings. The number of hydrogen-bond donors (Lipinski definition) is 0. The third kappa shape index (κ3) is 3.96. The van der Waals surface area contributed by atoms with E-state index in [-0.39, 0.29) is 6.04 Å². The number of piperazine rings is 1. The SMILES string of the molecule is CCCN1CCN(C(C#N)c2ccc(N(C)C)cc2)CC1. The molecule has 0 spiro atoms. The van der Waals surface area contributed by atoms with Crippen molar-refractivity contribution in [3.8, 4) is 6.07 Å². The average molecular weight is 286 g/mol. The van der Waals surface area contributed by atoms with E-state index < -0.39 is 0 Å². The van der Waals surface area contributed by atoms with E-state index in [0.717, 1.165) is 31.7 Å². The molecule has 4 nitrogen and oxygen atoms in total. The van der Waals surface area contributed by atoms with Crippen LogP contribution >= 0.6 is 0 Å². The fraction of sp³-hybridized carbons (Fsp3) is 0.588. The van der Waals surface area contributed by atoms with Crippen LogP contribution in [0.1, 0.15) is 24.9 Å². The van der Waals surface area contributed by atoms with Crippen LogP contribution in [-0.4, -0.2) is 56.6 Å². The average Bonchev–Trinajstić information content (AvgIpc) is 2.50. The van der Waals surface area contributed by atoms with Crippen molar-refractivity contribution in [2.24, 2.45) is 0 Å². The lowest BCUT2D eigenvalue weighted by Crippen LogP contribution is -2.47. The van der Waals surface area contributed by atoms with Gasteiger partial charge in [-0.25, -0.2) is 0 Å². The summed E-state index contributed by atoms with van der Waals surface area (Å²) < 4.78 is 0. The van der Waals surface area contributed by atoms with Crippen molar-refractivity contribution in [1.29, 1.82) is 5.26 Å². The molecule has 0 aliphatic carbocycles. The van der Waals surface area contributed by atoms with Gasteiger partial charge in [0.2, 0.25) is 0 Å². The number of rotatable bonds is 5. The van der Waals surface area contributed by atoms with E-state index in [2.05, 4.69) is 52.0 Å². The first-order chi connectivity index (χ1) is 10.2. The van der Waals surface area contributed by atoms with Gasteiger partial charge >= 0.3 is 0 Å². The smallest absolute Gasteiger partial charge is 0.123 e. The van der Waals surface area contributed by atoms with Crippen molar-refractivity contribution >= 4 is 5.69 Å². The fourth-order valence-corrected chi connectivity index (χ4v) is 2.88. The zero-order valence-corrected chi connectivity index (χ0v) is 13.4. The Hall–Kier alpha value is -1.57. The minimum Gasteiger partial charge on any atom is -0.378 e. The molecule has 0 aromatic heterocycles. The summed E-state index contributed by atoms with van der Waals surface area (Å²) in [5, 5.41) is 9.56. The molecule has 1 fully saturated rings. The molecule has 114 valence electrons. The van der Waals surface area contributed by atoms with Crippen LogP contribution in [0.5, 0.6) is 0 Å². The van der Waals surface area contributed by atoms with Crippen molar-refractivity contribution in [3.63, 3.8) is 0 Å². The molecular weight excluding hydrogens is 260 g/mol. The summed E-state index contributed by atoms with van der Waals surface area (Å²) >= 11 is 0. The highest BCUT2D eigenvalue weighted by Gasteiger charge is 2.24. The van der Waals surface area contributed by atoms with Crippen molar-refractivity contribution in [1.82, 2.24) is 9.80 Å². The second-order valence-electron chi connectivity index (χ2n) is 5.90. The highest BCUT2D eigenvalue weighted by atomic mass is 15.3. The van der Waals surface area contributed by atoms with Gasteiger partial charge in [-0.05, 0) is 30.7 Å². The van der Waals surface area contributed by atoms with Crippen molar-refractivity contribution < 1.29 is 0 Å². The Morgan fingerprint density at radius 1 is 1.14 bits per heavy atom. The van der Waals surface area contributed by atoms with Gasteiger partial charge in [0.05, 0.1) is 6.07 Å². The van der Waals surface area contributed by atoms with E-state index in [1.54, 1.807) is 0 Å². The molecule has 21 heavy (non-hydrogen) atoms. The first-order valence-corrected chi connectivity index (χ1v) is 7.79. The number of benzene rings is 1. The summed E-state index contributed by atoms with van der Waals surface area (Å²) in [7, 11) is 4.06. The maximum atomic E-state index is 9.56. The number of nitriles is 1. The molecule has 0 radical (unpaired) electrons. The molecule has 0 N–H and O–H groups in total. The van der Waals surface area contributed by atoms with Gasteiger partial charge in [-0.1, -0.05) is 19.1 Å². The Morgan fingerprint density at radius 2 is 1.76 bits per heavy atom. The largest absolute Gasteiger partial charge is 0.378 e. The monoisotopic (exact) mass is 286 g/mol. The van der Waals surface area contributed by atoms with E-state index >= 15 is 0 Å². The summed E-state index contributed by atoms with van der Waals surface area (Å²) in [6.07, 6.45) is 1.20. The molecule has 1 saturated heterocycles. The Kier molecular flexibility index (Phi) is 5.60. The van der Waals surface area contributed by atoms with Gasteiger partial charge in [0.1, 0.15) is 6.04 Å². The number of hydrogen-bond acceptors (Lipinski definition) is 4. The van der Waals surface area contributed by atoms with Gasteiger partial charge in [-0.2, -0.15) is 5.26 Å². The van der Waals surface area contributed by atoms with Gasteiger partial charge < -0.3 is 9.80 Å². The van der Waals surface area contributed by atoms with Crippen LogP contribution in [0.4, 0.5) is 5.69 Å². The van der Waals surface area contributed by atoms with Crippen LogP contribution in [-0.2, 0) is 0 Å². The highest BCUT2D eigenvalue weighted by molar-refractivity contribution is 5.47. The molecule has 1 aromatic rings. The molecule has 1 aliphatic heterocycles. The predicted octanol–water partition coefficient (Wildman–Crippen LogP) is 2.34. The third-order valence-electron chi connectivity index (χ3n) is 4.16. The minimum absolute atomic E-state index is 0.120. The normalized spacial score (nSPS) is 18.2. The lowest BCUT2D eigenvalue weighted by atomic mass is 10.0. The zero-order chi connectivity index (χ0) is 15.2. The second kappa shape index (κ2) is 7.44. The Morgan fingerprint density at radius 3 is 2.24 bits per heavy atom. The number of anilines is 1. The third-order valence-corrected chi connectivity index (χ3v) is 4.16. The van der Waals surface area contributed by atoms with Gasteiger partial charge in [-0.15, -0.1) is 0 Å². The van der Waals surface area contributed by atoms with Gasteiger partial charge in [0.25, 0.3) is 0 Å². The molecule has 4 heteroatoms. The van der Waals surface area contributed by atoms with Crippen molar-refractivity contribution in [3.05, 3.63) is 29.8 Å². The van der Waals surface area contributed by atoms with Gasteiger partial charge in [-0.3, -0.25) is 4.90 Å². The van der Waals surface area contributed by atoms with Crippen LogP contribution in [0.15, 0.2) is 24.3 Å². The van der Waals surface area contributed by atoms with E-state index in [1.165, 1.54) is 18.7 Å². The summed E-state index contributed by atoms with van der Waals surface area (Å²) in [5.41, 5.74) is 2.27. The molecular formula is C17H26N4. The molecule has 1 heterocycles. The zero-order valence-electron chi connectivity index (χ0n) is 13.4. The highest BCUT2D eigenvalue weighted by Crippen LogP contribution is 2.23. The van der Waals surface area contributed by atoms with Gasteiger partial charge in [0.15, 0.2) is 0 Å². The molecule has 1 atom stereocenters. The summed E-state index contributed by atoms with van der Waals surface area (Å²) in [5.74, 6) is 0. The second-order valence-corrected chi connectivity index (χ2v) is 5.90. The molecule has 2 rings (SSSR count). The van der Waals surface area contributed by atoms with E-state index in [4.69, 9.17) is 0 Å². The topological polar surface area (TPSA) is 33.5 Å². The standard InChI is InChI=1S/C17H26N4/c1-4-9-20-10-12-21(13-11-20)17(14-18)15-5-7-16(8-6-15)19(2)3/h5-8,17H,4,9-13H2,1-3H3. The molecule has 0 bridgehead atoms. The molecule has 1 aromatic carbocycles. The maximum absolute atomic E-state index is 9.56. The summed E-state index contributed by atoms with van der Waals surface area (Å²) in [6.45, 7) is 7.49. The Labute approximate surface area is 128 Å². The maximum Gasteiger partial charge on any atom is 0.123 e. The van der Waals surface area contributed by atoms with Crippen molar-refractivity contribution in [2.45, 2.75) is 19.4 Å². The van der Waals surface area contributed by atoms with Crippen LogP contribution < -0.4 is 4.90 Å². The summed E-state index contributed by atoms with van der Waals surface area (Å²) in [6, 6.07) is 10.7. The van der Waals surface area contributed by atoms with Crippen LogP contribution in [0, 0.1) is 11.3 Å². The van der Waals surface area contributed by atoms with Gasteiger partial charge in [0, 0.05) is 46.0 Å². The molecule has 0 amide bonds. The first-order valence-electron chi connectivity index (χ1n) is 7.79. The lowest BCUT2D eigenvalue weighted by Gasteiger charge is -2.37. The van der Waals surface area contributed by atoms with Crippen LogP contribution in [0.25, 0.3) is 0 Å². The minimum atomic E-state index is -0.120. The van der Waals surface area contributed by atoms with E-state index in [9.17, 15) is 5.26 Å².